The number of hydrogen-bond acceptors (Lipinski definition) is 3. The summed E-state index contributed by atoms with van der Waals surface area (Å²) in [6, 6.07) is 10.0. The van der Waals surface area contributed by atoms with Gasteiger partial charge in [-0.3, -0.25) is 9.97 Å². The molecular formula is C14H9BrFN3. The number of hydrogen-bond donors (Lipinski definition) is 1. The molecule has 0 unspecified atom stereocenters. The molecule has 19 heavy (non-hydrogen) atoms. The zero-order valence-corrected chi connectivity index (χ0v) is 11.4. The van der Waals surface area contributed by atoms with Crippen LogP contribution in [0.3, 0.4) is 0 Å². The topological polar surface area (TPSA) is 37.8 Å². The Hall–Kier alpha value is -2.01. The fourth-order valence-electron chi connectivity index (χ4n) is 1.83. The number of anilines is 2. The Morgan fingerprint density at radius 1 is 1.11 bits per heavy atom. The molecule has 0 amide bonds. The first-order valence-corrected chi connectivity index (χ1v) is 6.44. The predicted molar refractivity (Wildman–Crippen MR) is 76.9 cm³/mol. The van der Waals surface area contributed by atoms with E-state index in [0.29, 0.717) is 5.69 Å². The lowest BCUT2D eigenvalue weighted by Crippen LogP contribution is -1.94. The third-order valence-electron chi connectivity index (χ3n) is 2.65. The van der Waals surface area contributed by atoms with Crippen molar-refractivity contribution in [3.8, 4) is 0 Å². The minimum atomic E-state index is -0.279. The molecule has 2 aromatic heterocycles. The van der Waals surface area contributed by atoms with E-state index >= 15 is 0 Å². The summed E-state index contributed by atoms with van der Waals surface area (Å²) in [5.74, 6) is -0.279. The molecule has 3 rings (SSSR count). The lowest BCUT2D eigenvalue weighted by atomic mass is 10.2. The first kappa shape index (κ1) is 12.0. The van der Waals surface area contributed by atoms with E-state index in [4.69, 9.17) is 0 Å². The van der Waals surface area contributed by atoms with E-state index < -0.39 is 0 Å². The minimum absolute atomic E-state index is 0.279. The molecular weight excluding hydrogens is 309 g/mol. The standard InChI is InChI=1S/C14H9BrFN3/c15-9-6-13-14(18-8-9)12(4-5-17-13)19-11-3-1-2-10(16)7-11/h1-8H,(H,17,19). The highest BCUT2D eigenvalue weighted by Gasteiger charge is 2.04. The summed E-state index contributed by atoms with van der Waals surface area (Å²) in [5, 5.41) is 3.15. The highest BCUT2D eigenvalue weighted by Crippen LogP contribution is 2.25. The molecule has 5 heteroatoms. The number of rotatable bonds is 2. The molecule has 0 saturated heterocycles. The zero-order valence-electron chi connectivity index (χ0n) is 9.77. The second kappa shape index (κ2) is 4.93. The molecule has 3 aromatic rings. The molecule has 0 aliphatic heterocycles. The molecule has 1 aromatic carbocycles. The Morgan fingerprint density at radius 2 is 2.00 bits per heavy atom. The van der Waals surface area contributed by atoms with E-state index in [2.05, 4.69) is 31.2 Å². The summed E-state index contributed by atoms with van der Waals surface area (Å²) >= 11 is 3.36. The number of pyridine rings is 2. The van der Waals surface area contributed by atoms with Gasteiger partial charge in [-0.05, 0) is 46.3 Å². The van der Waals surface area contributed by atoms with Gasteiger partial charge in [0, 0.05) is 22.6 Å². The maximum absolute atomic E-state index is 13.2. The highest BCUT2D eigenvalue weighted by molar-refractivity contribution is 9.10. The zero-order chi connectivity index (χ0) is 13.2. The van der Waals surface area contributed by atoms with E-state index in [1.807, 2.05) is 12.1 Å². The average Bonchev–Trinajstić information content (AvgIpc) is 2.38. The summed E-state index contributed by atoms with van der Waals surface area (Å²) in [6.07, 6.45) is 3.40. The van der Waals surface area contributed by atoms with Crippen molar-refractivity contribution in [3.63, 3.8) is 0 Å². The molecule has 0 aliphatic rings. The second-order valence-corrected chi connectivity index (χ2v) is 4.93. The molecule has 0 radical (unpaired) electrons. The van der Waals surface area contributed by atoms with Gasteiger partial charge >= 0.3 is 0 Å². The Kier molecular flexibility index (Phi) is 3.13. The van der Waals surface area contributed by atoms with E-state index in [1.54, 1.807) is 24.5 Å². The number of fused-ring (bicyclic) bond motifs is 1. The van der Waals surface area contributed by atoms with Crippen LogP contribution in [0.2, 0.25) is 0 Å². The number of benzene rings is 1. The van der Waals surface area contributed by atoms with Gasteiger partial charge in [0.1, 0.15) is 11.3 Å². The monoisotopic (exact) mass is 317 g/mol. The second-order valence-electron chi connectivity index (χ2n) is 4.02. The van der Waals surface area contributed by atoms with Gasteiger partial charge in [0.15, 0.2) is 0 Å². The molecule has 0 saturated carbocycles. The van der Waals surface area contributed by atoms with Crippen LogP contribution in [-0.4, -0.2) is 9.97 Å². The fourth-order valence-corrected chi connectivity index (χ4v) is 2.15. The lowest BCUT2D eigenvalue weighted by Gasteiger charge is -2.08. The number of nitrogens with zero attached hydrogens (tertiary/aromatic N) is 2. The van der Waals surface area contributed by atoms with E-state index in [-0.39, 0.29) is 5.82 Å². The van der Waals surface area contributed by atoms with Gasteiger partial charge in [0.05, 0.1) is 11.2 Å². The highest BCUT2D eigenvalue weighted by atomic mass is 79.9. The van der Waals surface area contributed by atoms with Crippen LogP contribution in [0.15, 0.2) is 53.3 Å². The van der Waals surface area contributed by atoms with Crippen LogP contribution in [0.1, 0.15) is 0 Å². The van der Waals surface area contributed by atoms with Crippen molar-refractivity contribution in [2.45, 2.75) is 0 Å². The van der Waals surface area contributed by atoms with Crippen LogP contribution in [-0.2, 0) is 0 Å². The molecule has 0 fully saturated rings. The summed E-state index contributed by atoms with van der Waals surface area (Å²) < 4.78 is 14.0. The van der Waals surface area contributed by atoms with Crippen LogP contribution in [0.5, 0.6) is 0 Å². The first-order valence-electron chi connectivity index (χ1n) is 5.65. The van der Waals surface area contributed by atoms with E-state index in [0.717, 1.165) is 21.2 Å². The Balaban J connectivity index is 2.06. The largest absolute Gasteiger partial charge is 0.354 e. The van der Waals surface area contributed by atoms with Crippen molar-refractivity contribution < 1.29 is 4.39 Å². The third-order valence-corrected chi connectivity index (χ3v) is 3.08. The average molecular weight is 318 g/mol. The van der Waals surface area contributed by atoms with Gasteiger partial charge in [0.2, 0.25) is 0 Å². The van der Waals surface area contributed by atoms with Crippen molar-refractivity contribution in [2.75, 3.05) is 5.32 Å². The molecule has 94 valence electrons. The minimum Gasteiger partial charge on any atom is -0.354 e. The number of nitrogens with one attached hydrogen (secondary N) is 1. The van der Waals surface area contributed by atoms with Crippen LogP contribution < -0.4 is 5.32 Å². The fraction of sp³-hybridized carbons (Fsp3) is 0. The van der Waals surface area contributed by atoms with Gasteiger partial charge in [-0.25, -0.2) is 4.39 Å². The maximum Gasteiger partial charge on any atom is 0.125 e. The summed E-state index contributed by atoms with van der Waals surface area (Å²) in [5.41, 5.74) is 2.99. The quantitative estimate of drug-likeness (QED) is 0.766. The maximum atomic E-state index is 13.2. The molecule has 3 nitrogen and oxygen atoms in total. The normalized spacial score (nSPS) is 10.6. The van der Waals surface area contributed by atoms with Crippen LogP contribution >= 0.6 is 15.9 Å². The molecule has 0 bridgehead atoms. The van der Waals surface area contributed by atoms with Crippen molar-refractivity contribution in [1.29, 1.82) is 0 Å². The molecule has 0 atom stereocenters. The SMILES string of the molecule is Fc1cccc(Nc2ccnc3cc(Br)cnc23)c1. The van der Waals surface area contributed by atoms with Crippen LogP contribution in [0.4, 0.5) is 15.8 Å². The van der Waals surface area contributed by atoms with E-state index in [1.165, 1.54) is 12.1 Å². The van der Waals surface area contributed by atoms with Crippen molar-refractivity contribution >= 4 is 38.3 Å². The van der Waals surface area contributed by atoms with Crippen molar-refractivity contribution in [1.82, 2.24) is 9.97 Å². The molecule has 2 heterocycles. The predicted octanol–water partition coefficient (Wildman–Crippen LogP) is 4.28. The van der Waals surface area contributed by atoms with Gasteiger partial charge < -0.3 is 5.32 Å². The van der Waals surface area contributed by atoms with Crippen LogP contribution in [0.25, 0.3) is 11.0 Å². The van der Waals surface area contributed by atoms with Gasteiger partial charge in [0.25, 0.3) is 0 Å². The van der Waals surface area contributed by atoms with E-state index in [9.17, 15) is 4.39 Å². The summed E-state index contributed by atoms with van der Waals surface area (Å²) in [7, 11) is 0. The Bertz CT molecular complexity index is 746. The van der Waals surface area contributed by atoms with Gasteiger partial charge in [-0.15, -0.1) is 0 Å². The Morgan fingerprint density at radius 3 is 2.84 bits per heavy atom. The molecule has 0 aliphatic carbocycles. The molecule has 1 N–H and O–H groups in total. The summed E-state index contributed by atoms with van der Waals surface area (Å²) in [4.78, 5) is 8.59. The molecule has 0 spiro atoms. The smallest absolute Gasteiger partial charge is 0.125 e. The third kappa shape index (κ3) is 2.56. The summed E-state index contributed by atoms with van der Waals surface area (Å²) in [6.45, 7) is 0. The number of halogens is 2. The van der Waals surface area contributed by atoms with Gasteiger partial charge in [-0.2, -0.15) is 0 Å². The van der Waals surface area contributed by atoms with Crippen LogP contribution in [0, 0.1) is 5.82 Å². The Labute approximate surface area is 117 Å². The lowest BCUT2D eigenvalue weighted by molar-refractivity contribution is 0.628. The van der Waals surface area contributed by atoms with Gasteiger partial charge in [-0.1, -0.05) is 6.07 Å². The van der Waals surface area contributed by atoms with Crippen molar-refractivity contribution in [2.24, 2.45) is 0 Å². The number of aromatic nitrogens is 2. The first-order chi connectivity index (χ1) is 9.22. The van der Waals surface area contributed by atoms with Crippen molar-refractivity contribution in [3.05, 3.63) is 59.1 Å².